The van der Waals surface area contributed by atoms with Crippen LogP contribution in [-0.2, 0) is 15.7 Å². The van der Waals surface area contributed by atoms with Gasteiger partial charge in [-0.25, -0.2) is 5.10 Å². The van der Waals surface area contributed by atoms with Crippen molar-refractivity contribution in [2.45, 2.75) is 24.7 Å². The van der Waals surface area contributed by atoms with E-state index in [0.29, 0.717) is 37.4 Å². The fourth-order valence-electron chi connectivity index (χ4n) is 3.92. The van der Waals surface area contributed by atoms with Gasteiger partial charge in [-0.3, -0.25) is 14.6 Å². The molecule has 2 atom stereocenters. The van der Waals surface area contributed by atoms with Gasteiger partial charge < -0.3 is 24.6 Å². The minimum atomic E-state index is -4.89. The number of ketones is 1. The van der Waals surface area contributed by atoms with E-state index >= 15 is 0 Å². The summed E-state index contributed by atoms with van der Waals surface area (Å²) in [6.45, 7) is 1.64. The lowest BCUT2D eigenvalue weighted by Crippen LogP contribution is -2.58. The number of carbonyl (C=O) groups is 1. The van der Waals surface area contributed by atoms with Crippen molar-refractivity contribution >= 4 is 11.5 Å². The van der Waals surface area contributed by atoms with E-state index in [-0.39, 0.29) is 25.4 Å². The Labute approximate surface area is 211 Å². The Kier molecular flexibility index (Phi) is 9.56. The van der Waals surface area contributed by atoms with Gasteiger partial charge in [-0.1, -0.05) is 0 Å². The number of halogens is 3. The number of ether oxygens (including phenoxy) is 2. The van der Waals surface area contributed by atoms with Crippen LogP contribution in [0.2, 0.25) is 0 Å². The Morgan fingerprint density at radius 2 is 2.14 bits per heavy atom. The first kappa shape index (κ1) is 28.0. The summed E-state index contributed by atoms with van der Waals surface area (Å²) >= 11 is 0. The zero-order chi connectivity index (χ0) is 27.0. The topological polar surface area (TPSA) is 136 Å². The van der Waals surface area contributed by atoms with Crippen molar-refractivity contribution in [1.29, 1.82) is 5.26 Å². The summed E-state index contributed by atoms with van der Waals surface area (Å²) in [5.74, 6) is -0.846. The number of aromatic nitrogens is 3. The predicted molar refractivity (Wildman–Crippen MR) is 126 cm³/mol. The molecule has 200 valence electrons. The number of aromatic amines is 1. The van der Waals surface area contributed by atoms with Gasteiger partial charge in [0.05, 0.1) is 36.7 Å². The van der Waals surface area contributed by atoms with E-state index in [1.165, 1.54) is 6.20 Å². The number of nitrogens with zero attached hydrogens (tertiary/aromatic N) is 5. The molecule has 3 rings (SSSR count). The van der Waals surface area contributed by atoms with Gasteiger partial charge in [-0.15, -0.1) is 0 Å². The van der Waals surface area contributed by atoms with Gasteiger partial charge in [-0.2, -0.15) is 23.5 Å². The fourth-order valence-corrected chi connectivity index (χ4v) is 3.92. The van der Waals surface area contributed by atoms with Gasteiger partial charge >= 0.3 is 6.18 Å². The Morgan fingerprint density at radius 3 is 2.84 bits per heavy atom. The molecule has 0 aromatic carbocycles. The molecule has 0 radical (unpaired) electrons. The molecular weight excluding hydrogens is 495 g/mol. The number of rotatable bonds is 11. The highest BCUT2D eigenvalue weighted by atomic mass is 19.4. The van der Waals surface area contributed by atoms with Crippen molar-refractivity contribution in [3.05, 3.63) is 46.1 Å². The van der Waals surface area contributed by atoms with Crippen LogP contribution in [0, 0.1) is 11.3 Å². The maximum absolute atomic E-state index is 13.3. The van der Waals surface area contributed by atoms with E-state index in [1.54, 1.807) is 36.4 Å². The van der Waals surface area contributed by atoms with Gasteiger partial charge in [0, 0.05) is 45.0 Å². The lowest BCUT2D eigenvalue weighted by atomic mass is 10.0. The third-order valence-electron chi connectivity index (χ3n) is 5.60. The standard InChI is InChI=1S/C23H28F3N7O4/c1-32(2)14-19(37-9-3-8-36-18-12-30-31-22(35)20(18)23(24,25)26)21(34)16-13-33(7-6-29-16)17-4-5-28-11-15(17)10-27/h4-5,11-12,16,19,29H,3,6-9,13-14H2,1-2H3,(H,31,35). The highest BCUT2D eigenvalue weighted by Crippen LogP contribution is 2.32. The van der Waals surface area contributed by atoms with Crippen LogP contribution in [0.1, 0.15) is 17.5 Å². The van der Waals surface area contributed by atoms with Crippen LogP contribution in [0.3, 0.4) is 0 Å². The van der Waals surface area contributed by atoms with E-state index in [0.717, 1.165) is 6.20 Å². The number of hydrogen-bond acceptors (Lipinski definition) is 10. The molecule has 1 aliphatic rings. The van der Waals surface area contributed by atoms with E-state index in [1.807, 2.05) is 4.90 Å². The van der Waals surface area contributed by atoms with Crippen molar-refractivity contribution in [3.63, 3.8) is 0 Å². The number of hydrogen-bond donors (Lipinski definition) is 2. The first-order chi connectivity index (χ1) is 17.6. The average molecular weight is 524 g/mol. The maximum Gasteiger partial charge on any atom is 0.425 e. The quantitative estimate of drug-likeness (QED) is 0.407. The largest absolute Gasteiger partial charge is 0.491 e. The number of nitrogens with one attached hydrogen (secondary N) is 2. The summed E-state index contributed by atoms with van der Waals surface area (Å²) in [6.07, 6.45) is -1.65. The number of piperazine rings is 1. The summed E-state index contributed by atoms with van der Waals surface area (Å²) < 4.78 is 50.4. The van der Waals surface area contributed by atoms with E-state index in [9.17, 15) is 28.0 Å². The Balaban J connectivity index is 1.58. The molecule has 0 bridgehead atoms. The normalized spacial score (nSPS) is 16.9. The highest BCUT2D eigenvalue weighted by molar-refractivity contribution is 5.89. The van der Waals surface area contributed by atoms with Crippen molar-refractivity contribution in [1.82, 2.24) is 25.4 Å². The molecule has 1 saturated heterocycles. The van der Waals surface area contributed by atoms with Gasteiger partial charge in [0.2, 0.25) is 0 Å². The van der Waals surface area contributed by atoms with Gasteiger partial charge in [0.1, 0.15) is 12.2 Å². The Hall–Kier alpha value is -3.54. The lowest BCUT2D eigenvalue weighted by molar-refractivity contribution is -0.140. The van der Waals surface area contributed by atoms with E-state index in [4.69, 9.17) is 9.47 Å². The number of H-pyrrole nitrogens is 1. The number of carbonyl (C=O) groups excluding carboxylic acids is 1. The maximum atomic E-state index is 13.3. The van der Waals surface area contributed by atoms with Crippen LogP contribution < -0.4 is 20.5 Å². The van der Waals surface area contributed by atoms with Gasteiger partial charge in [0.15, 0.2) is 17.1 Å². The van der Waals surface area contributed by atoms with Crippen LogP contribution >= 0.6 is 0 Å². The second kappa shape index (κ2) is 12.6. The zero-order valence-electron chi connectivity index (χ0n) is 20.4. The smallest absolute Gasteiger partial charge is 0.425 e. The Bertz CT molecular complexity index is 1170. The molecule has 0 saturated carbocycles. The molecule has 11 nitrogen and oxygen atoms in total. The number of nitriles is 1. The lowest BCUT2D eigenvalue weighted by Gasteiger charge is -2.36. The molecule has 0 aliphatic carbocycles. The van der Waals surface area contributed by atoms with Crippen LogP contribution in [0.4, 0.5) is 18.9 Å². The number of anilines is 1. The number of likely N-dealkylation sites (N-methyl/N-ethyl adjacent to an activating group) is 1. The molecule has 2 aromatic rings. The van der Waals surface area contributed by atoms with Crippen molar-refractivity contribution < 1.29 is 27.4 Å². The predicted octanol–water partition coefficient (Wildman–Crippen LogP) is 0.819. The second-order valence-electron chi connectivity index (χ2n) is 8.62. The number of alkyl halides is 3. The zero-order valence-corrected chi connectivity index (χ0v) is 20.4. The second-order valence-corrected chi connectivity index (χ2v) is 8.62. The summed E-state index contributed by atoms with van der Waals surface area (Å²) in [6, 6.07) is 3.30. The highest BCUT2D eigenvalue weighted by Gasteiger charge is 2.38. The van der Waals surface area contributed by atoms with Crippen molar-refractivity contribution in [2.75, 3.05) is 58.4 Å². The third-order valence-corrected chi connectivity index (χ3v) is 5.60. The van der Waals surface area contributed by atoms with Crippen LogP contribution in [0.25, 0.3) is 0 Å². The Morgan fingerprint density at radius 1 is 1.35 bits per heavy atom. The molecule has 37 heavy (non-hydrogen) atoms. The van der Waals surface area contributed by atoms with Crippen molar-refractivity contribution in [3.8, 4) is 11.8 Å². The molecule has 0 amide bonds. The summed E-state index contributed by atoms with van der Waals surface area (Å²) in [7, 11) is 3.59. The summed E-state index contributed by atoms with van der Waals surface area (Å²) in [5.41, 5.74) is -1.72. The molecule has 1 aliphatic heterocycles. The first-order valence-corrected chi connectivity index (χ1v) is 11.5. The molecule has 1 fully saturated rings. The molecular formula is C23H28F3N7O4. The number of Topliss-reactive ketones (excluding diaryl/α,β-unsaturated/α-hetero) is 1. The molecule has 2 N–H and O–H groups in total. The SMILES string of the molecule is CN(C)CC(OCCCOc1cn[nH]c(=O)c1C(F)(F)F)C(=O)C1CN(c2ccncc2C#N)CCN1. The molecule has 3 heterocycles. The van der Waals surface area contributed by atoms with Crippen LogP contribution in [0.5, 0.6) is 5.75 Å². The molecule has 14 heteroatoms. The third kappa shape index (κ3) is 7.48. The van der Waals surface area contributed by atoms with Crippen LogP contribution in [-0.4, -0.2) is 91.5 Å². The fraction of sp³-hybridized carbons (Fsp3) is 0.522. The number of pyridine rings is 1. The van der Waals surface area contributed by atoms with E-state index in [2.05, 4.69) is 21.5 Å². The first-order valence-electron chi connectivity index (χ1n) is 11.5. The van der Waals surface area contributed by atoms with E-state index < -0.39 is 35.2 Å². The van der Waals surface area contributed by atoms with Crippen LogP contribution in [0.15, 0.2) is 29.5 Å². The van der Waals surface area contributed by atoms with Crippen molar-refractivity contribution in [2.24, 2.45) is 0 Å². The van der Waals surface area contributed by atoms with Gasteiger partial charge in [0.25, 0.3) is 5.56 Å². The van der Waals surface area contributed by atoms with Gasteiger partial charge in [-0.05, 0) is 20.2 Å². The molecule has 2 unspecified atom stereocenters. The molecule has 2 aromatic heterocycles. The minimum absolute atomic E-state index is 0.0432. The summed E-state index contributed by atoms with van der Waals surface area (Å²) in [4.78, 5) is 32.6. The average Bonchev–Trinajstić information content (AvgIpc) is 2.86. The molecule has 0 spiro atoms. The monoisotopic (exact) mass is 523 g/mol. The summed E-state index contributed by atoms with van der Waals surface area (Å²) in [5, 5.41) is 17.7. The minimum Gasteiger partial charge on any atom is -0.491 e.